The Labute approximate surface area is 313 Å². The fourth-order valence-electron chi connectivity index (χ4n) is 5.87. The number of benzene rings is 2. The van der Waals surface area contributed by atoms with Crippen LogP contribution < -0.4 is 23.5 Å². The molecule has 1 unspecified atom stereocenters. The van der Waals surface area contributed by atoms with Crippen molar-refractivity contribution in [1.82, 2.24) is 4.90 Å². The van der Waals surface area contributed by atoms with Crippen molar-refractivity contribution >= 4 is 44.9 Å². The summed E-state index contributed by atoms with van der Waals surface area (Å²) >= 11 is 13.0. The maximum absolute atomic E-state index is 13.9. The van der Waals surface area contributed by atoms with Gasteiger partial charge in [-0.15, -0.1) is 0 Å². The highest BCUT2D eigenvalue weighted by Crippen LogP contribution is 2.39. The maximum atomic E-state index is 13.9. The zero-order valence-electron chi connectivity index (χ0n) is 29.1. The molecular formula is C36H44Cl2F2N3O8S+. The summed E-state index contributed by atoms with van der Waals surface area (Å²) in [4.78, 5) is 19.1. The molecule has 2 aromatic carbocycles. The number of hydrogen-bond donors (Lipinski definition) is 0. The number of halogens is 4. The predicted molar refractivity (Wildman–Crippen MR) is 192 cm³/mol. The normalized spacial score (nSPS) is 15.7. The quantitative estimate of drug-likeness (QED) is 0.0977. The number of aromatic amines is 1. The van der Waals surface area contributed by atoms with Gasteiger partial charge in [0, 0.05) is 31.6 Å². The number of aromatic nitrogens is 1. The summed E-state index contributed by atoms with van der Waals surface area (Å²) in [7, 11) is -2.36. The molecule has 0 radical (unpaired) electrons. The molecule has 11 nitrogen and oxygen atoms in total. The molecule has 1 aliphatic heterocycles. The van der Waals surface area contributed by atoms with Gasteiger partial charge in [-0.3, -0.25) is 9.21 Å². The molecule has 1 atom stereocenters. The van der Waals surface area contributed by atoms with Crippen LogP contribution in [0.5, 0.6) is 17.2 Å². The maximum Gasteiger partial charge on any atom is 0.387 e. The Morgan fingerprint density at radius 1 is 1.02 bits per heavy atom. The van der Waals surface area contributed by atoms with Crippen molar-refractivity contribution in [1.29, 1.82) is 0 Å². The van der Waals surface area contributed by atoms with Gasteiger partial charge < -0.3 is 23.7 Å². The van der Waals surface area contributed by atoms with Crippen LogP contribution in [0.3, 0.4) is 0 Å². The SMILES string of the molecule is COc1ccc(C(=O)OC(Cc2c(Cl)c[nH+]cc2Cl)c2ccc(OC(F)F)c(OCC3CC3)c2)cc1N(CCCCCN1CCOCC1)S(C)(=O)=O. The second-order valence-corrected chi connectivity index (χ2v) is 15.5. The number of hydrogen-bond acceptors (Lipinski definition) is 9. The predicted octanol–water partition coefficient (Wildman–Crippen LogP) is 6.62. The van der Waals surface area contributed by atoms with Gasteiger partial charge >= 0.3 is 12.6 Å². The average molecular weight is 788 g/mol. The van der Waals surface area contributed by atoms with Crippen molar-refractivity contribution in [2.75, 3.05) is 63.7 Å². The number of carbonyl (C=O) groups is 1. The van der Waals surface area contributed by atoms with Gasteiger partial charge in [0.2, 0.25) is 10.0 Å². The van der Waals surface area contributed by atoms with Gasteiger partial charge in [-0.05, 0) is 74.0 Å². The van der Waals surface area contributed by atoms with E-state index in [4.69, 9.17) is 46.9 Å². The highest BCUT2D eigenvalue weighted by Gasteiger charge is 2.28. The number of ether oxygens (including phenoxy) is 5. The van der Waals surface area contributed by atoms with Gasteiger partial charge in [0.15, 0.2) is 23.9 Å². The largest absolute Gasteiger partial charge is 0.495 e. The van der Waals surface area contributed by atoms with Gasteiger partial charge in [-0.25, -0.2) is 18.2 Å². The van der Waals surface area contributed by atoms with Gasteiger partial charge in [-0.1, -0.05) is 35.7 Å². The third kappa shape index (κ3) is 11.3. The molecule has 2 aliphatic rings. The number of esters is 1. The molecule has 5 rings (SSSR count). The molecule has 1 saturated carbocycles. The molecule has 284 valence electrons. The molecule has 3 aromatic rings. The Balaban J connectivity index is 1.40. The second kappa shape index (κ2) is 18.6. The summed E-state index contributed by atoms with van der Waals surface area (Å²) in [6.07, 6.45) is 7.39. The third-order valence-electron chi connectivity index (χ3n) is 8.89. The Morgan fingerprint density at radius 2 is 1.73 bits per heavy atom. The number of morpholine rings is 1. The zero-order valence-corrected chi connectivity index (χ0v) is 31.5. The van der Waals surface area contributed by atoms with Crippen LogP contribution in [-0.2, 0) is 25.9 Å². The number of alkyl halides is 2. The number of unbranched alkanes of at least 4 members (excludes halogenated alkanes) is 2. The van der Waals surface area contributed by atoms with E-state index in [1.165, 1.54) is 60.2 Å². The first-order valence-electron chi connectivity index (χ1n) is 17.1. The van der Waals surface area contributed by atoms with Crippen molar-refractivity contribution in [3.8, 4) is 17.2 Å². The molecule has 1 aromatic heterocycles. The standard InChI is InChI=1S/C36H43Cl2F2N3O8S/c1-47-31-10-9-26(18-30(31)43(52(2,45)46)13-5-3-4-12-42-14-16-48-17-15-42)35(44)50-33(20-27-28(37)21-41-22-29(27)38)25-8-11-32(51-36(39)40)34(19-25)49-23-24-6-7-24/h8-11,18-19,21-22,24,33,36H,3-7,12-17,20,23H2,1-2H3/p+1. The van der Waals surface area contributed by atoms with Crippen molar-refractivity contribution in [3.63, 3.8) is 0 Å². The van der Waals surface area contributed by atoms with Crippen LogP contribution in [0.2, 0.25) is 10.0 Å². The van der Waals surface area contributed by atoms with Crippen LogP contribution in [-0.4, -0.2) is 85.3 Å². The van der Waals surface area contributed by atoms with E-state index in [2.05, 4.69) is 9.88 Å². The minimum absolute atomic E-state index is 0.0120. The van der Waals surface area contributed by atoms with E-state index in [-0.39, 0.29) is 51.5 Å². The van der Waals surface area contributed by atoms with Gasteiger partial charge in [-0.2, -0.15) is 8.78 Å². The first-order chi connectivity index (χ1) is 24.9. The molecule has 2 fully saturated rings. The van der Waals surface area contributed by atoms with Crippen LogP contribution in [0.25, 0.3) is 0 Å². The average Bonchev–Trinajstić information content (AvgIpc) is 3.94. The lowest BCUT2D eigenvalue weighted by atomic mass is 10.0. The van der Waals surface area contributed by atoms with Gasteiger partial charge in [0.25, 0.3) is 0 Å². The second-order valence-electron chi connectivity index (χ2n) is 12.8. The third-order valence-corrected chi connectivity index (χ3v) is 10.7. The summed E-state index contributed by atoms with van der Waals surface area (Å²) in [6, 6.07) is 8.75. The van der Waals surface area contributed by atoms with E-state index in [1.54, 1.807) is 0 Å². The Morgan fingerprint density at radius 3 is 2.38 bits per heavy atom. The number of anilines is 1. The van der Waals surface area contributed by atoms with Crippen molar-refractivity contribution in [2.45, 2.75) is 51.2 Å². The molecule has 52 heavy (non-hydrogen) atoms. The summed E-state index contributed by atoms with van der Waals surface area (Å²) in [5.74, 6) is -0.281. The number of methoxy groups -OCH3 is 1. The number of rotatable bonds is 19. The topological polar surface area (TPSA) is 118 Å². The minimum atomic E-state index is -3.78. The van der Waals surface area contributed by atoms with Crippen LogP contribution in [0.1, 0.15) is 59.7 Å². The lowest BCUT2D eigenvalue weighted by Crippen LogP contribution is -2.37. The monoisotopic (exact) mass is 786 g/mol. The molecule has 1 aliphatic carbocycles. The number of nitrogens with zero attached hydrogens (tertiary/aromatic N) is 2. The van der Waals surface area contributed by atoms with E-state index in [1.807, 2.05) is 0 Å². The van der Waals surface area contributed by atoms with E-state index in [0.717, 1.165) is 51.6 Å². The molecular weight excluding hydrogens is 743 g/mol. The van der Waals surface area contributed by atoms with E-state index < -0.39 is 28.7 Å². The molecule has 2 heterocycles. The lowest BCUT2D eigenvalue weighted by molar-refractivity contribution is -0.377. The Hall–Kier alpha value is -3.43. The molecule has 0 amide bonds. The van der Waals surface area contributed by atoms with E-state index in [9.17, 15) is 22.0 Å². The van der Waals surface area contributed by atoms with Crippen LogP contribution in [0, 0.1) is 5.92 Å². The van der Waals surface area contributed by atoms with Crippen molar-refractivity contribution < 1.29 is 50.7 Å². The Bertz CT molecular complexity index is 1760. The molecule has 1 saturated heterocycles. The summed E-state index contributed by atoms with van der Waals surface area (Å²) in [5, 5.41) is 0.578. The van der Waals surface area contributed by atoms with Gasteiger partial charge in [0.1, 0.15) is 21.9 Å². The first kappa shape index (κ1) is 39.8. The Kier molecular flexibility index (Phi) is 14.2. The molecule has 0 bridgehead atoms. The molecule has 0 spiro atoms. The fourth-order valence-corrected chi connectivity index (χ4v) is 7.37. The number of nitrogens with one attached hydrogen (secondary N) is 1. The van der Waals surface area contributed by atoms with Crippen LogP contribution in [0.4, 0.5) is 14.5 Å². The number of H-pyrrole nitrogens is 1. The smallest absolute Gasteiger partial charge is 0.387 e. The minimum Gasteiger partial charge on any atom is -0.495 e. The van der Waals surface area contributed by atoms with Gasteiger partial charge in [0.05, 0.1) is 44.4 Å². The molecule has 16 heteroatoms. The summed E-state index contributed by atoms with van der Waals surface area (Å²) in [5.41, 5.74) is 1.13. The van der Waals surface area contributed by atoms with Crippen LogP contribution >= 0.6 is 23.2 Å². The van der Waals surface area contributed by atoms with Crippen molar-refractivity contribution in [2.24, 2.45) is 5.92 Å². The number of sulfonamides is 1. The first-order valence-corrected chi connectivity index (χ1v) is 19.8. The highest BCUT2D eigenvalue weighted by atomic mass is 35.5. The van der Waals surface area contributed by atoms with E-state index in [0.29, 0.717) is 43.3 Å². The lowest BCUT2D eigenvalue weighted by Gasteiger charge is -2.27. The highest BCUT2D eigenvalue weighted by molar-refractivity contribution is 7.92. The zero-order chi connectivity index (χ0) is 37.3. The summed E-state index contributed by atoms with van der Waals surface area (Å²) in [6.45, 7) is 1.52. The number of carbonyl (C=O) groups excluding carboxylic acids is 1. The number of pyridine rings is 1. The van der Waals surface area contributed by atoms with Crippen molar-refractivity contribution in [3.05, 3.63) is 75.5 Å². The molecule has 1 N–H and O–H groups in total. The fraction of sp³-hybridized carbons (Fsp3) is 0.500. The summed E-state index contributed by atoms with van der Waals surface area (Å²) < 4.78 is 81.5. The van der Waals surface area contributed by atoms with E-state index >= 15 is 0 Å². The van der Waals surface area contributed by atoms with Crippen LogP contribution in [0.15, 0.2) is 48.8 Å².